The molecule has 2 saturated heterocycles. The second-order valence-electron chi connectivity index (χ2n) is 5.79. The lowest BCUT2D eigenvalue weighted by Gasteiger charge is -2.41. The monoisotopic (exact) mass is 261 g/mol. The van der Waals surface area contributed by atoms with Crippen LogP contribution in [0.3, 0.4) is 0 Å². The molecule has 4 heteroatoms. The highest BCUT2D eigenvalue weighted by molar-refractivity contribution is 5.77. The van der Waals surface area contributed by atoms with Crippen molar-refractivity contribution in [3.8, 4) is 0 Å². The van der Waals surface area contributed by atoms with Gasteiger partial charge in [-0.05, 0) is 18.4 Å². The molecule has 2 bridgehead atoms. The van der Waals surface area contributed by atoms with E-state index < -0.39 is 11.6 Å². The minimum absolute atomic E-state index is 0.194. The smallest absolute Gasteiger partial charge is 0.335 e. The Labute approximate surface area is 112 Å². The Morgan fingerprint density at radius 3 is 2.32 bits per heavy atom. The van der Waals surface area contributed by atoms with Gasteiger partial charge in [0, 0.05) is 31.5 Å². The zero-order valence-electron chi connectivity index (χ0n) is 10.8. The summed E-state index contributed by atoms with van der Waals surface area (Å²) in [6.45, 7) is 0.853. The van der Waals surface area contributed by atoms with Crippen LogP contribution in [0.2, 0.25) is 0 Å². The largest absolute Gasteiger partial charge is 0.479 e. The van der Waals surface area contributed by atoms with E-state index in [4.69, 9.17) is 5.11 Å². The van der Waals surface area contributed by atoms with E-state index in [0.717, 1.165) is 19.4 Å². The van der Waals surface area contributed by atoms with Crippen LogP contribution in [0.4, 0.5) is 0 Å². The first kappa shape index (κ1) is 12.6. The Morgan fingerprint density at radius 1 is 1.21 bits per heavy atom. The van der Waals surface area contributed by atoms with Crippen molar-refractivity contribution >= 4 is 5.97 Å². The molecule has 3 atom stereocenters. The Kier molecular flexibility index (Phi) is 3.07. The van der Waals surface area contributed by atoms with Crippen molar-refractivity contribution in [2.45, 2.75) is 49.9 Å². The third-order valence-electron chi connectivity index (χ3n) is 4.52. The molecular weight excluding hydrogens is 242 g/mol. The number of carboxylic acid groups (broad SMARTS) is 1. The molecule has 0 aliphatic carbocycles. The molecule has 1 unspecified atom stereocenters. The van der Waals surface area contributed by atoms with Crippen molar-refractivity contribution in [2.75, 3.05) is 0 Å². The number of hydrogen-bond donors (Lipinski definition) is 2. The number of benzene rings is 1. The summed E-state index contributed by atoms with van der Waals surface area (Å²) in [5.74, 6) is -1.07. The topological polar surface area (TPSA) is 60.8 Å². The Morgan fingerprint density at radius 2 is 1.79 bits per heavy atom. The van der Waals surface area contributed by atoms with Gasteiger partial charge in [-0.15, -0.1) is 0 Å². The number of rotatable bonds is 3. The number of aliphatic carboxylic acids is 1. The van der Waals surface area contributed by atoms with Gasteiger partial charge in [0.05, 0.1) is 0 Å². The summed E-state index contributed by atoms with van der Waals surface area (Å²) in [5.41, 5.74) is -0.265. The summed E-state index contributed by atoms with van der Waals surface area (Å²) in [5, 5.41) is 19.4. The van der Waals surface area contributed by atoms with E-state index in [0.29, 0.717) is 12.8 Å². The molecule has 102 valence electrons. The van der Waals surface area contributed by atoms with Crippen molar-refractivity contribution in [3.63, 3.8) is 0 Å². The predicted octanol–water partition coefficient (Wildman–Crippen LogP) is 1.63. The van der Waals surface area contributed by atoms with Crippen molar-refractivity contribution in [1.82, 2.24) is 4.90 Å². The molecule has 0 amide bonds. The maximum absolute atomic E-state index is 11.2. The summed E-state index contributed by atoms with van der Waals surface area (Å²) in [7, 11) is 0. The van der Waals surface area contributed by atoms with Gasteiger partial charge in [0.1, 0.15) is 0 Å². The normalized spacial score (nSPS) is 34.4. The summed E-state index contributed by atoms with van der Waals surface area (Å²) < 4.78 is 0. The number of hydrogen-bond acceptors (Lipinski definition) is 3. The molecule has 2 heterocycles. The molecule has 0 aromatic heterocycles. The van der Waals surface area contributed by atoms with Gasteiger partial charge in [0.2, 0.25) is 0 Å². The van der Waals surface area contributed by atoms with Crippen molar-refractivity contribution in [3.05, 3.63) is 35.9 Å². The quantitative estimate of drug-likeness (QED) is 0.868. The fourth-order valence-electron chi connectivity index (χ4n) is 3.54. The van der Waals surface area contributed by atoms with Crippen molar-refractivity contribution in [2.24, 2.45) is 0 Å². The standard InChI is InChI=1S/C15H19NO3/c17-14(18)15(19)8-12-6-7-13(9-15)16(12)10-11-4-2-1-3-5-11/h1-5,12-13,19H,6-10H2,(H,17,18)/t12-,13+,15?. The second-order valence-corrected chi connectivity index (χ2v) is 5.79. The van der Waals surface area contributed by atoms with Gasteiger partial charge in [-0.25, -0.2) is 4.79 Å². The van der Waals surface area contributed by atoms with E-state index in [1.807, 2.05) is 18.2 Å². The maximum Gasteiger partial charge on any atom is 0.335 e. The first-order chi connectivity index (χ1) is 9.08. The maximum atomic E-state index is 11.2. The van der Waals surface area contributed by atoms with E-state index in [2.05, 4.69) is 17.0 Å². The van der Waals surface area contributed by atoms with E-state index in [1.165, 1.54) is 5.56 Å². The molecule has 0 spiro atoms. The number of nitrogens with zero attached hydrogens (tertiary/aromatic N) is 1. The second kappa shape index (κ2) is 4.62. The van der Waals surface area contributed by atoms with Crippen LogP contribution in [0.1, 0.15) is 31.2 Å². The summed E-state index contributed by atoms with van der Waals surface area (Å²) in [4.78, 5) is 13.6. The van der Waals surface area contributed by atoms with Gasteiger partial charge in [0.25, 0.3) is 0 Å². The molecule has 3 rings (SSSR count). The van der Waals surface area contributed by atoms with Gasteiger partial charge < -0.3 is 10.2 Å². The molecule has 1 aromatic rings. The van der Waals surface area contributed by atoms with Crippen LogP contribution in [0, 0.1) is 0 Å². The molecule has 2 N–H and O–H groups in total. The van der Waals surface area contributed by atoms with Gasteiger partial charge in [0.15, 0.2) is 5.60 Å². The van der Waals surface area contributed by atoms with Crippen LogP contribution in [-0.2, 0) is 11.3 Å². The molecule has 0 saturated carbocycles. The number of fused-ring (bicyclic) bond motifs is 2. The summed E-state index contributed by atoms with van der Waals surface area (Å²) in [6.07, 6.45) is 2.69. The SMILES string of the molecule is O=C(O)C1(O)C[C@H]2CC[C@@H](C1)N2Cc1ccccc1. The number of piperidine rings is 1. The van der Waals surface area contributed by atoms with Crippen LogP contribution in [0.15, 0.2) is 30.3 Å². The molecular formula is C15H19NO3. The third kappa shape index (κ3) is 2.26. The summed E-state index contributed by atoms with van der Waals surface area (Å²) >= 11 is 0. The van der Waals surface area contributed by atoms with Gasteiger partial charge in [-0.1, -0.05) is 30.3 Å². The average Bonchev–Trinajstić information content (AvgIpc) is 2.64. The first-order valence-corrected chi connectivity index (χ1v) is 6.84. The van der Waals surface area contributed by atoms with Crippen molar-refractivity contribution in [1.29, 1.82) is 0 Å². The van der Waals surface area contributed by atoms with Crippen LogP contribution in [-0.4, -0.2) is 38.8 Å². The molecule has 2 fully saturated rings. The highest BCUT2D eigenvalue weighted by Crippen LogP contribution is 2.41. The minimum atomic E-state index is -1.51. The van der Waals surface area contributed by atoms with E-state index in [9.17, 15) is 9.90 Å². The van der Waals surface area contributed by atoms with Crippen LogP contribution in [0.5, 0.6) is 0 Å². The van der Waals surface area contributed by atoms with Gasteiger partial charge >= 0.3 is 5.97 Å². The molecule has 4 nitrogen and oxygen atoms in total. The molecule has 1 aromatic carbocycles. The fraction of sp³-hybridized carbons (Fsp3) is 0.533. The van der Waals surface area contributed by atoms with Gasteiger partial charge in [-0.3, -0.25) is 4.90 Å². The van der Waals surface area contributed by atoms with Crippen LogP contribution < -0.4 is 0 Å². The lowest BCUT2D eigenvalue weighted by Crippen LogP contribution is -2.54. The van der Waals surface area contributed by atoms with Gasteiger partial charge in [-0.2, -0.15) is 0 Å². The number of carboxylic acids is 1. The zero-order chi connectivity index (χ0) is 13.5. The number of aliphatic hydroxyl groups is 1. The predicted molar refractivity (Wildman–Crippen MR) is 70.6 cm³/mol. The van der Waals surface area contributed by atoms with Crippen LogP contribution >= 0.6 is 0 Å². The Balaban J connectivity index is 1.75. The third-order valence-corrected chi connectivity index (χ3v) is 4.52. The van der Waals surface area contributed by atoms with E-state index in [-0.39, 0.29) is 12.1 Å². The van der Waals surface area contributed by atoms with Crippen LogP contribution in [0.25, 0.3) is 0 Å². The zero-order valence-corrected chi connectivity index (χ0v) is 10.8. The minimum Gasteiger partial charge on any atom is -0.479 e. The average molecular weight is 261 g/mol. The Hall–Kier alpha value is -1.39. The number of carbonyl (C=O) groups is 1. The molecule has 2 aliphatic heterocycles. The molecule has 2 aliphatic rings. The Bertz CT molecular complexity index is 460. The first-order valence-electron chi connectivity index (χ1n) is 6.84. The lowest BCUT2D eigenvalue weighted by molar-refractivity contribution is -0.167. The molecule has 19 heavy (non-hydrogen) atoms. The highest BCUT2D eigenvalue weighted by atomic mass is 16.4. The molecule has 0 radical (unpaired) electrons. The van der Waals surface area contributed by atoms with Crippen molar-refractivity contribution < 1.29 is 15.0 Å². The van der Waals surface area contributed by atoms with E-state index >= 15 is 0 Å². The fourth-order valence-corrected chi connectivity index (χ4v) is 3.54. The summed E-state index contributed by atoms with van der Waals surface area (Å²) in [6, 6.07) is 10.6. The lowest BCUT2D eigenvalue weighted by atomic mass is 9.86. The van der Waals surface area contributed by atoms with E-state index in [1.54, 1.807) is 0 Å². The highest BCUT2D eigenvalue weighted by Gasteiger charge is 2.51.